The average Bonchev–Trinajstić information content (AvgIpc) is 2.82. The third-order valence-electron chi connectivity index (χ3n) is 2.91. The average molecular weight is 349 g/mol. The van der Waals surface area contributed by atoms with Gasteiger partial charge in [0.2, 0.25) is 10.0 Å². The van der Waals surface area contributed by atoms with Crippen molar-refractivity contribution in [2.45, 2.75) is 17.8 Å². The summed E-state index contributed by atoms with van der Waals surface area (Å²) in [6.45, 7) is 0.0422. The van der Waals surface area contributed by atoms with Gasteiger partial charge in [0.1, 0.15) is 5.75 Å². The Morgan fingerprint density at radius 3 is 2.61 bits per heavy atom. The van der Waals surface area contributed by atoms with E-state index in [0.29, 0.717) is 5.56 Å². The first-order valence-corrected chi connectivity index (χ1v) is 7.81. The number of hydrogen-bond donors (Lipinski definition) is 0. The van der Waals surface area contributed by atoms with E-state index in [1.165, 1.54) is 30.1 Å². The molecule has 0 aliphatic rings. The number of rotatable bonds is 5. The summed E-state index contributed by atoms with van der Waals surface area (Å²) in [5, 5.41) is 3.93. The Bertz CT molecular complexity index is 787. The van der Waals surface area contributed by atoms with Gasteiger partial charge in [-0.2, -0.15) is 9.40 Å². The number of nitrogens with zero attached hydrogens (tertiary/aromatic N) is 3. The lowest BCUT2D eigenvalue weighted by Gasteiger charge is -2.17. The summed E-state index contributed by atoms with van der Waals surface area (Å²) < 4.78 is 67.8. The predicted octanol–water partition coefficient (Wildman–Crippen LogP) is 2.14. The largest absolute Gasteiger partial charge is 0.573 e. The van der Waals surface area contributed by atoms with Crippen LogP contribution in [-0.2, 0) is 23.6 Å². The van der Waals surface area contributed by atoms with Crippen LogP contribution >= 0.6 is 0 Å². The van der Waals surface area contributed by atoms with E-state index in [4.69, 9.17) is 0 Å². The summed E-state index contributed by atoms with van der Waals surface area (Å²) in [4.78, 5) is -0.286. The van der Waals surface area contributed by atoms with Crippen molar-refractivity contribution in [3.05, 3.63) is 42.2 Å². The molecular weight excluding hydrogens is 335 g/mol. The van der Waals surface area contributed by atoms with Crippen LogP contribution in [0.5, 0.6) is 5.75 Å². The first kappa shape index (κ1) is 17.3. The molecule has 0 aliphatic heterocycles. The fourth-order valence-electron chi connectivity index (χ4n) is 1.91. The van der Waals surface area contributed by atoms with Gasteiger partial charge in [0, 0.05) is 38.5 Å². The highest BCUT2D eigenvalue weighted by Gasteiger charge is 2.32. The summed E-state index contributed by atoms with van der Waals surface area (Å²) >= 11 is 0. The Labute approximate surface area is 131 Å². The van der Waals surface area contributed by atoms with E-state index < -0.39 is 22.1 Å². The molecule has 10 heteroatoms. The molecule has 6 nitrogen and oxygen atoms in total. The molecule has 0 fully saturated rings. The summed E-state index contributed by atoms with van der Waals surface area (Å²) in [6.07, 6.45) is -1.73. The maximum absolute atomic E-state index is 12.4. The van der Waals surface area contributed by atoms with Crippen molar-refractivity contribution >= 4 is 10.0 Å². The smallest absolute Gasteiger partial charge is 0.406 e. The number of aryl methyl sites for hydroxylation is 1. The van der Waals surface area contributed by atoms with Crippen LogP contribution in [-0.4, -0.2) is 35.9 Å². The van der Waals surface area contributed by atoms with Gasteiger partial charge in [-0.1, -0.05) is 6.07 Å². The molecule has 0 radical (unpaired) electrons. The zero-order chi connectivity index (χ0) is 17.3. The SMILES string of the molecule is CN(Cc1cnn(C)c1)S(=O)(=O)c1cccc(OC(F)(F)F)c1. The highest BCUT2D eigenvalue weighted by Crippen LogP contribution is 2.26. The number of halogens is 3. The molecule has 0 N–H and O–H groups in total. The fourth-order valence-corrected chi connectivity index (χ4v) is 3.10. The van der Waals surface area contributed by atoms with Gasteiger partial charge < -0.3 is 4.74 Å². The quantitative estimate of drug-likeness (QED) is 0.830. The van der Waals surface area contributed by atoms with Crippen molar-refractivity contribution in [2.75, 3.05) is 7.05 Å². The second kappa shape index (κ2) is 6.20. The lowest BCUT2D eigenvalue weighted by Crippen LogP contribution is -2.26. The minimum atomic E-state index is -4.88. The number of sulfonamides is 1. The number of hydrogen-bond acceptors (Lipinski definition) is 4. The number of ether oxygens (including phenoxy) is 1. The first-order chi connectivity index (χ1) is 10.6. The Hall–Kier alpha value is -2.07. The Morgan fingerprint density at radius 2 is 2.04 bits per heavy atom. The van der Waals surface area contributed by atoms with Crippen LogP contribution in [0, 0.1) is 0 Å². The molecule has 1 aromatic carbocycles. The van der Waals surface area contributed by atoms with Gasteiger partial charge in [-0.15, -0.1) is 13.2 Å². The topological polar surface area (TPSA) is 64.4 Å². The van der Waals surface area contributed by atoms with Crippen molar-refractivity contribution in [2.24, 2.45) is 7.05 Å². The van der Waals surface area contributed by atoms with Crippen LogP contribution in [0.3, 0.4) is 0 Å². The van der Waals surface area contributed by atoms with Crippen molar-refractivity contribution < 1.29 is 26.3 Å². The highest BCUT2D eigenvalue weighted by molar-refractivity contribution is 7.89. The summed E-state index contributed by atoms with van der Waals surface area (Å²) in [5.74, 6) is -0.589. The Morgan fingerprint density at radius 1 is 1.35 bits per heavy atom. The molecule has 1 heterocycles. The third-order valence-corrected chi connectivity index (χ3v) is 4.71. The van der Waals surface area contributed by atoms with E-state index in [2.05, 4.69) is 9.84 Å². The van der Waals surface area contributed by atoms with Gasteiger partial charge in [-0.05, 0) is 12.1 Å². The second-order valence-electron chi connectivity index (χ2n) is 4.81. The van der Waals surface area contributed by atoms with Crippen LogP contribution < -0.4 is 4.74 Å². The minimum Gasteiger partial charge on any atom is -0.406 e. The summed E-state index contributed by atoms with van der Waals surface area (Å²) in [5.41, 5.74) is 0.654. The van der Waals surface area contributed by atoms with Gasteiger partial charge in [0.25, 0.3) is 0 Å². The van der Waals surface area contributed by atoms with E-state index in [1.807, 2.05) is 0 Å². The van der Waals surface area contributed by atoms with Crippen LogP contribution in [0.1, 0.15) is 5.56 Å². The summed E-state index contributed by atoms with van der Waals surface area (Å²) in [6, 6.07) is 4.26. The zero-order valence-electron chi connectivity index (χ0n) is 12.3. The lowest BCUT2D eigenvalue weighted by atomic mass is 10.3. The number of benzene rings is 1. The summed E-state index contributed by atoms with van der Waals surface area (Å²) in [7, 11) is -0.934. The molecule has 126 valence electrons. The van der Waals surface area contributed by atoms with Crippen molar-refractivity contribution in [1.82, 2.24) is 14.1 Å². The molecular formula is C13H14F3N3O3S. The second-order valence-corrected chi connectivity index (χ2v) is 6.85. The van der Waals surface area contributed by atoms with E-state index in [0.717, 1.165) is 16.4 Å². The number of aromatic nitrogens is 2. The molecule has 0 saturated carbocycles. The molecule has 0 amide bonds. The molecule has 0 bridgehead atoms. The molecule has 0 aliphatic carbocycles. The molecule has 2 aromatic rings. The Balaban J connectivity index is 2.23. The lowest BCUT2D eigenvalue weighted by molar-refractivity contribution is -0.274. The molecule has 0 spiro atoms. The van der Waals surface area contributed by atoms with E-state index in [1.54, 1.807) is 13.2 Å². The van der Waals surface area contributed by atoms with Gasteiger partial charge in [0.15, 0.2) is 0 Å². The molecule has 23 heavy (non-hydrogen) atoms. The zero-order valence-corrected chi connectivity index (χ0v) is 13.1. The van der Waals surface area contributed by atoms with E-state index in [9.17, 15) is 21.6 Å². The van der Waals surface area contributed by atoms with Crippen molar-refractivity contribution in [3.8, 4) is 5.75 Å². The standard InChI is InChI=1S/C13H14F3N3O3S/c1-18-8-10(7-17-18)9-19(2)23(20,21)12-5-3-4-11(6-12)22-13(14,15)16/h3-8H,9H2,1-2H3. The van der Waals surface area contributed by atoms with Crippen LogP contribution in [0.15, 0.2) is 41.6 Å². The van der Waals surface area contributed by atoms with Crippen LogP contribution in [0.2, 0.25) is 0 Å². The van der Waals surface area contributed by atoms with Gasteiger partial charge >= 0.3 is 6.36 Å². The van der Waals surface area contributed by atoms with Crippen LogP contribution in [0.25, 0.3) is 0 Å². The monoisotopic (exact) mass is 349 g/mol. The van der Waals surface area contributed by atoms with Gasteiger partial charge in [-0.25, -0.2) is 8.42 Å². The Kier molecular flexibility index (Phi) is 4.66. The number of alkyl halides is 3. The molecule has 0 unspecified atom stereocenters. The highest BCUT2D eigenvalue weighted by atomic mass is 32.2. The minimum absolute atomic E-state index is 0.0422. The predicted molar refractivity (Wildman–Crippen MR) is 75.0 cm³/mol. The molecule has 2 rings (SSSR count). The molecule has 0 atom stereocenters. The van der Waals surface area contributed by atoms with Gasteiger partial charge in [0.05, 0.1) is 11.1 Å². The molecule has 0 saturated heterocycles. The molecule has 1 aromatic heterocycles. The van der Waals surface area contributed by atoms with Crippen LogP contribution in [0.4, 0.5) is 13.2 Å². The third kappa shape index (κ3) is 4.45. The van der Waals surface area contributed by atoms with E-state index >= 15 is 0 Å². The van der Waals surface area contributed by atoms with Crippen molar-refractivity contribution in [1.29, 1.82) is 0 Å². The normalized spacial score (nSPS) is 12.6. The maximum atomic E-state index is 12.4. The first-order valence-electron chi connectivity index (χ1n) is 6.37. The fraction of sp³-hybridized carbons (Fsp3) is 0.308. The van der Waals surface area contributed by atoms with E-state index in [-0.39, 0.29) is 11.4 Å². The van der Waals surface area contributed by atoms with Gasteiger partial charge in [-0.3, -0.25) is 4.68 Å². The maximum Gasteiger partial charge on any atom is 0.573 e. The van der Waals surface area contributed by atoms with Crippen molar-refractivity contribution in [3.63, 3.8) is 0 Å².